The van der Waals surface area contributed by atoms with Crippen molar-refractivity contribution in [3.8, 4) is 0 Å². The molecular weight excluding hydrogens is 86.1 g/mol. The molecule has 1 aliphatic rings. The van der Waals surface area contributed by atoms with Gasteiger partial charge in [0.2, 0.25) is 0 Å². The van der Waals surface area contributed by atoms with Crippen LogP contribution < -0.4 is 5.32 Å². The second-order valence-electron chi connectivity index (χ2n) is 2.04. The third kappa shape index (κ3) is 1.16. The number of hydrogen-bond donors (Lipinski definition) is 1. The molecule has 0 bridgehead atoms. The maximum Gasteiger partial charge on any atom is 0.00962 e. The molecule has 1 heterocycles. The van der Waals surface area contributed by atoms with Gasteiger partial charge in [-0.3, -0.25) is 0 Å². The van der Waals surface area contributed by atoms with Crippen molar-refractivity contribution in [2.24, 2.45) is 0 Å². The highest BCUT2D eigenvalue weighted by Gasteiger charge is 2.09. The molecule has 0 aliphatic carbocycles. The Morgan fingerprint density at radius 2 is 2.57 bits per heavy atom. The van der Waals surface area contributed by atoms with Gasteiger partial charge in [0, 0.05) is 6.04 Å². The van der Waals surface area contributed by atoms with Gasteiger partial charge in [-0.2, -0.15) is 0 Å². The number of rotatable bonds is 1. The van der Waals surface area contributed by atoms with Crippen molar-refractivity contribution in [3.05, 3.63) is 6.42 Å². The molecule has 1 nitrogen and oxygen atoms in total. The molecule has 0 aromatic rings. The van der Waals surface area contributed by atoms with Gasteiger partial charge in [0.15, 0.2) is 0 Å². The Morgan fingerprint density at radius 1 is 1.71 bits per heavy atom. The maximum atomic E-state index is 3.35. The van der Waals surface area contributed by atoms with E-state index < -0.39 is 0 Å². The predicted octanol–water partition coefficient (Wildman–Crippen LogP) is 0.963. The van der Waals surface area contributed by atoms with Crippen LogP contribution >= 0.6 is 0 Å². The fourth-order valence-corrected chi connectivity index (χ4v) is 0.996. The normalized spacial score (nSPS) is 31.3. The van der Waals surface area contributed by atoms with Crippen LogP contribution in [-0.4, -0.2) is 12.6 Å². The van der Waals surface area contributed by atoms with Crippen molar-refractivity contribution >= 4 is 0 Å². The van der Waals surface area contributed by atoms with E-state index in [1.54, 1.807) is 0 Å². The Labute approximate surface area is 45.1 Å². The summed E-state index contributed by atoms with van der Waals surface area (Å²) in [5.74, 6) is 0. The maximum absolute atomic E-state index is 3.35. The predicted molar refractivity (Wildman–Crippen MR) is 31.0 cm³/mol. The molecule has 1 radical (unpaired) electrons. The van der Waals surface area contributed by atoms with E-state index in [2.05, 4.69) is 18.7 Å². The molecule has 1 saturated heterocycles. The molecule has 1 heteroatoms. The summed E-state index contributed by atoms with van der Waals surface area (Å²) >= 11 is 0. The zero-order valence-corrected chi connectivity index (χ0v) is 4.78. The largest absolute Gasteiger partial charge is 0.314 e. The quantitative estimate of drug-likeness (QED) is 0.515. The second-order valence-corrected chi connectivity index (χ2v) is 2.04. The Bertz CT molecular complexity index is 46.1. The highest BCUT2D eigenvalue weighted by Crippen LogP contribution is 2.05. The minimum absolute atomic E-state index is 0.722. The van der Waals surface area contributed by atoms with Gasteiger partial charge in [0.05, 0.1) is 0 Å². The first kappa shape index (κ1) is 5.10. The zero-order valence-electron chi connectivity index (χ0n) is 4.78. The van der Waals surface area contributed by atoms with Crippen LogP contribution in [-0.2, 0) is 0 Å². The minimum Gasteiger partial charge on any atom is -0.314 e. The standard InChI is InChI=1S/C6H12N/c1-2-6-4-3-5-7-6/h2,6-7H,3-5H2,1H3/t6-/m1/s1. The number of hydrogen-bond acceptors (Lipinski definition) is 1. The van der Waals surface area contributed by atoms with Gasteiger partial charge in [-0.25, -0.2) is 0 Å². The molecule has 0 saturated carbocycles. The van der Waals surface area contributed by atoms with Crippen molar-refractivity contribution in [1.82, 2.24) is 5.32 Å². The molecule has 41 valence electrons. The lowest BCUT2D eigenvalue weighted by molar-refractivity contribution is 0.684. The molecule has 0 spiro atoms. The van der Waals surface area contributed by atoms with Crippen molar-refractivity contribution < 1.29 is 0 Å². The van der Waals surface area contributed by atoms with Crippen LogP contribution in [0.2, 0.25) is 0 Å². The summed E-state index contributed by atoms with van der Waals surface area (Å²) < 4.78 is 0. The molecule has 7 heavy (non-hydrogen) atoms. The lowest BCUT2D eigenvalue weighted by Crippen LogP contribution is -2.19. The van der Waals surface area contributed by atoms with E-state index in [4.69, 9.17) is 0 Å². The Balaban J connectivity index is 2.14. The molecule has 1 N–H and O–H groups in total. The molecule has 0 unspecified atom stereocenters. The second kappa shape index (κ2) is 2.31. The summed E-state index contributed by atoms with van der Waals surface area (Å²) in [6.07, 6.45) is 4.93. The fraction of sp³-hybridized carbons (Fsp3) is 0.833. The molecule has 1 atom stereocenters. The first-order chi connectivity index (χ1) is 3.43. The highest BCUT2D eigenvalue weighted by atomic mass is 14.9. The van der Waals surface area contributed by atoms with Gasteiger partial charge >= 0.3 is 0 Å². The topological polar surface area (TPSA) is 12.0 Å². The Morgan fingerprint density at radius 3 is 2.86 bits per heavy atom. The highest BCUT2D eigenvalue weighted by molar-refractivity contribution is 4.83. The van der Waals surface area contributed by atoms with E-state index in [0.717, 1.165) is 6.04 Å². The van der Waals surface area contributed by atoms with E-state index in [-0.39, 0.29) is 0 Å². The minimum atomic E-state index is 0.722. The molecule has 1 aliphatic heterocycles. The van der Waals surface area contributed by atoms with Crippen LogP contribution in [0.4, 0.5) is 0 Å². The SMILES string of the molecule is C[CH][C@@H]1CCCN1. The molecule has 0 aromatic heterocycles. The van der Waals surface area contributed by atoms with Gasteiger partial charge in [-0.05, 0) is 25.8 Å². The molecular formula is C6H12N. The van der Waals surface area contributed by atoms with E-state index in [9.17, 15) is 0 Å². The Kier molecular flexibility index (Phi) is 1.69. The average molecular weight is 98.2 g/mol. The van der Waals surface area contributed by atoms with Gasteiger partial charge < -0.3 is 5.32 Å². The first-order valence-electron chi connectivity index (χ1n) is 2.96. The van der Waals surface area contributed by atoms with Gasteiger partial charge in [-0.15, -0.1) is 0 Å². The third-order valence-electron chi connectivity index (χ3n) is 1.50. The number of nitrogens with one attached hydrogen (secondary N) is 1. The summed E-state index contributed by atoms with van der Waals surface area (Å²) in [6.45, 7) is 3.33. The molecule has 0 amide bonds. The van der Waals surface area contributed by atoms with Crippen LogP contribution in [0.25, 0.3) is 0 Å². The smallest absolute Gasteiger partial charge is 0.00962 e. The van der Waals surface area contributed by atoms with Gasteiger partial charge in [0.1, 0.15) is 0 Å². The van der Waals surface area contributed by atoms with Crippen molar-refractivity contribution in [1.29, 1.82) is 0 Å². The monoisotopic (exact) mass is 98.1 g/mol. The summed E-state index contributed by atoms with van der Waals surface area (Å²) in [4.78, 5) is 0. The van der Waals surface area contributed by atoms with Crippen LogP contribution in [0.5, 0.6) is 0 Å². The van der Waals surface area contributed by atoms with Gasteiger partial charge in [-0.1, -0.05) is 6.92 Å². The van der Waals surface area contributed by atoms with Crippen molar-refractivity contribution in [2.45, 2.75) is 25.8 Å². The van der Waals surface area contributed by atoms with Crippen LogP contribution in [0.15, 0.2) is 0 Å². The van der Waals surface area contributed by atoms with Gasteiger partial charge in [0.25, 0.3) is 0 Å². The molecule has 1 rings (SSSR count). The van der Waals surface area contributed by atoms with Crippen molar-refractivity contribution in [2.75, 3.05) is 6.54 Å². The van der Waals surface area contributed by atoms with E-state index >= 15 is 0 Å². The van der Waals surface area contributed by atoms with E-state index in [1.165, 1.54) is 19.4 Å². The lowest BCUT2D eigenvalue weighted by Gasteiger charge is -2.01. The van der Waals surface area contributed by atoms with Crippen molar-refractivity contribution in [3.63, 3.8) is 0 Å². The van der Waals surface area contributed by atoms with E-state index in [0.29, 0.717) is 0 Å². The average Bonchev–Trinajstić information content (AvgIpc) is 2.14. The summed E-state index contributed by atoms with van der Waals surface area (Å²) in [7, 11) is 0. The first-order valence-corrected chi connectivity index (χ1v) is 2.96. The van der Waals surface area contributed by atoms with Crippen LogP contribution in [0, 0.1) is 6.42 Å². The molecule has 0 aromatic carbocycles. The summed E-state index contributed by atoms with van der Waals surface area (Å²) in [6, 6.07) is 0.722. The zero-order chi connectivity index (χ0) is 5.11. The third-order valence-corrected chi connectivity index (χ3v) is 1.50. The Hall–Kier alpha value is -0.0400. The van der Waals surface area contributed by atoms with Crippen LogP contribution in [0.1, 0.15) is 19.8 Å². The van der Waals surface area contributed by atoms with E-state index in [1.807, 2.05) is 0 Å². The summed E-state index contributed by atoms with van der Waals surface area (Å²) in [5, 5.41) is 3.35. The fourth-order valence-electron chi connectivity index (χ4n) is 0.996. The summed E-state index contributed by atoms with van der Waals surface area (Å²) in [5.41, 5.74) is 0. The lowest BCUT2D eigenvalue weighted by atomic mass is 10.2. The molecule has 1 fully saturated rings. The van der Waals surface area contributed by atoms with Crippen LogP contribution in [0.3, 0.4) is 0 Å².